The molecule has 3 aliphatic heterocycles. The standard InChI is InChI=1S/C24H26ClN3O6/c25-16-9-17-23(28-24(26-17)34-19-12-33-21-18(29)11-32-22(19)21)27-20(16)13-4-6-14(7-5-13)31-10-15-3-1-2-8-30-15/h4-7,9,15,18-19,21-22,29H,1-3,8,10-12H2,(H,26,27,28)/t15?,18-,19-,21-,22-/m1/s1. The van der Waals surface area contributed by atoms with Crippen molar-refractivity contribution in [1.29, 1.82) is 0 Å². The highest BCUT2D eigenvalue weighted by Crippen LogP contribution is 2.32. The maximum atomic E-state index is 9.91. The average molecular weight is 488 g/mol. The highest BCUT2D eigenvalue weighted by atomic mass is 35.5. The van der Waals surface area contributed by atoms with E-state index in [-0.39, 0.29) is 31.0 Å². The second-order valence-corrected chi connectivity index (χ2v) is 9.28. The number of imidazole rings is 1. The number of halogens is 1. The van der Waals surface area contributed by atoms with E-state index >= 15 is 0 Å². The first kappa shape index (κ1) is 22.1. The largest absolute Gasteiger partial charge is 0.491 e. The molecule has 5 heterocycles. The lowest BCUT2D eigenvalue weighted by Gasteiger charge is -2.22. The first-order valence-corrected chi connectivity index (χ1v) is 12.0. The number of aromatic amines is 1. The summed E-state index contributed by atoms with van der Waals surface area (Å²) in [4.78, 5) is 12.2. The molecule has 0 bridgehead atoms. The Labute approximate surface area is 201 Å². The molecule has 9 nitrogen and oxygen atoms in total. The summed E-state index contributed by atoms with van der Waals surface area (Å²) < 4.78 is 28.8. The topological polar surface area (TPSA) is 108 Å². The molecule has 6 rings (SSSR count). The summed E-state index contributed by atoms with van der Waals surface area (Å²) in [6, 6.07) is 9.77. The normalized spacial score (nSPS) is 28.8. The molecule has 0 amide bonds. The first-order valence-electron chi connectivity index (χ1n) is 11.6. The minimum Gasteiger partial charge on any atom is -0.491 e. The third-order valence-corrected chi connectivity index (χ3v) is 6.78. The summed E-state index contributed by atoms with van der Waals surface area (Å²) in [5, 5.41) is 10.4. The van der Waals surface area contributed by atoms with Gasteiger partial charge in [-0.25, -0.2) is 4.98 Å². The van der Waals surface area contributed by atoms with E-state index in [0.717, 1.165) is 30.8 Å². The lowest BCUT2D eigenvalue weighted by atomic mass is 10.1. The summed E-state index contributed by atoms with van der Waals surface area (Å²) in [6.07, 6.45) is 1.84. The van der Waals surface area contributed by atoms with E-state index in [1.54, 1.807) is 6.07 Å². The van der Waals surface area contributed by atoms with Crippen LogP contribution in [-0.4, -0.2) is 77.0 Å². The quantitative estimate of drug-likeness (QED) is 0.546. The number of nitrogens with one attached hydrogen (secondary N) is 1. The van der Waals surface area contributed by atoms with Crippen LogP contribution in [0.2, 0.25) is 5.02 Å². The molecule has 10 heteroatoms. The van der Waals surface area contributed by atoms with Crippen molar-refractivity contribution in [3.05, 3.63) is 35.4 Å². The van der Waals surface area contributed by atoms with Gasteiger partial charge in [-0.3, -0.25) is 0 Å². The van der Waals surface area contributed by atoms with Gasteiger partial charge in [0.15, 0.2) is 11.8 Å². The van der Waals surface area contributed by atoms with Crippen molar-refractivity contribution in [2.24, 2.45) is 0 Å². The molecule has 1 aromatic carbocycles. The molecule has 2 N–H and O–H groups in total. The SMILES string of the molecule is O[C@@H]1CO[C@H]2[C@@H]1OC[C@H]2Oc1nc2nc(-c3ccc(OCC4CCCCO4)cc3)c(Cl)cc2[nH]1. The number of hydrogen-bond acceptors (Lipinski definition) is 8. The molecule has 3 fully saturated rings. The first-order chi connectivity index (χ1) is 16.6. The maximum absolute atomic E-state index is 9.91. The number of fused-ring (bicyclic) bond motifs is 2. The molecule has 2 aromatic heterocycles. The molecule has 0 radical (unpaired) electrons. The molecule has 3 aliphatic rings. The van der Waals surface area contributed by atoms with Gasteiger partial charge in [0, 0.05) is 12.2 Å². The van der Waals surface area contributed by atoms with Crippen molar-refractivity contribution in [2.75, 3.05) is 26.4 Å². The third kappa shape index (κ3) is 4.34. The molecule has 180 valence electrons. The van der Waals surface area contributed by atoms with Gasteiger partial charge in [0.2, 0.25) is 0 Å². The van der Waals surface area contributed by atoms with Crippen molar-refractivity contribution in [2.45, 2.75) is 49.8 Å². The fraction of sp³-hybridized carbons (Fsp3) is 0.500. The zero-order valence-electron chi connectivity index (χ0n) is 18.5. The highest BCUT2D eigenvalue weighted by molar-refractivity contribution is 6.33. The molecule has 1 unspecified atom stereocenters. The van der Waals surface area contributed by atoms with Gasteiger partial charge in [0.25, 0.3) is 6.01 Å². The van der Waals surface area contributed by atoms with Crippen LogP contribution in [0.4, 0.5) is 0 Å². The lowest BCUT2D eigenvalue weighted by molar-refractivity contribution is -0.0110. The predicted octanol–water partition coefficient (Wildman–Crippen LogP) is 3.13. The summed E-state index contributed by atoms with van der Waals surface area (Å²) >= 11 is 6.54. The van der Waals surface area contributed by atoms with Gasteiger partial charge in [0.05, 0.1) is 35.6 Å². The molecule has 0 spiro atoms. The van der Waals surface area contributed by atoms with Gasteiger partial charge in [-0.2, -0.15) is 4.98 Å². The fourth-order valence-electron chi connectivity index (χ4n) is 4.68. The van der Waals surface area contributed by atoms with Gasteiger partial charge in [-0.05, 0) is 49.6 Å². The number of aliphatic hydroxyl groups excluding tert-OH is 1. The van der Waals surface area contributed by atoms with E-state index in [4.69, 9.17) is 35.3 Å². The number of pyridine rings is 1. The molecule has 5 atom stereocenters. The zero-order valence-corrected chi connectivity index (χ0v) is 19.2. The molecule has 3 aromatic rings. The Balaban J connectivity index is 1.15. The maximum Gasteiger partial charge on any atom is 0.296 e. The van der Waals surface area contributed by atoms with Crippen molar-refractivity contribution in [3.63, 3.8) is 0 Å². The zero-order chi connectivity index (χ0) is 23.1. The van der Waals surface area contributed by atoms with E-state index in [0.29, 0.717) is 41.1 Å². The number of nitrogens with zero attached hydrogens (tertiary/aromatic N) is 2. The van der Waals surface area contributed by atoms with Crippen molar-refractivity contribution >= 4 is 22.8 Å². The Hall–Kier alpha value is -2.43. The van der Waals surface area contributed by atoms with Gasteiger partial charge in [-0.15, -0.1) is 0 Å². The molecule has 3 saturated heterocycles. The Bertz CT molecular complexity index is 1150. The Morgan fingerprint density at radius 3 is 2.74 bits per heavy atom. The van der Waals surface area contributed by atoms with Crippen LogP contribution < -0.4 is 9.47 Å². The van der Waals surface area contributed by atoms with Crippen LogP contribution in [0.3, 0.4) is 0 Å². The van der Waals surface area contributed by atoms with E-state index in [1.807, 2.05) is 24.3 Å². The van der Waals surface area contributed by atoms with E-state index < -0.39 is 6.10 Å². The minimum atomic E-state index is -0.630. The van der Waals surface area contributed by atoms with Crippen molar-refractivity contribution < 1.29 is 28.8 Å². The number of aliphatic hydroxyl groups is 1. The van der Waals surface area contributed by atoms with Gasteiger partial charge in [0.1, 0.15) is 30.7 Å². The number of benzene rings is 1. The Kier molecular flexibility index (Phi) is 6.04. The van der Waals surface area contributed by atoms with E-state index in [9.17, 15) is 5.11 Å². The van der Waals surface area contributed by atoms with Crippen LogP contribution >= 0.6 is 11.6 Å². The van der Waals surface area contributed by atoms with Crippen LogP contribution in [-0.2, 0) is 14.2 Å². The van der Waals surface area contributed by atoms with Crippen LogP contribution in [0.1, 0.15) is 19.3 Å². The number of ether oxygens (including phenoxy) is 5. The summed E-state index contributed by atoms with van der Waals surface area (Å²) in [6.45, 7) is 1.93. The summed E-state index contributed by atoms with van der Waals surface area (Å²) in [7, 11) is 0. The molecular formula is C24H26ClN3O6. The third-order valence-electron chi connectivity index (χ3n) is 6.49. The minimum absolute atomic E-state index is 0.162. The van der Waals surface area contributed by atoms with Crippen LogP contribution in [0.25, 0.3) is 22.4 Å². The van der Waals surface area contributed by atoms with Gasteiger partial charge in [-0.1, -0.05) is 11.6 Å². The highest BCUT2D eigenvalue weighted by Gasteiger charge is 2.48. The molecule has 0 aliphatic carbocycles. The number of H-pyrrole nitrogens is 1. The number of rotatable bonds is 6. The lowest BCUT2D eigenvalue weighted by Crippen LogP contribution is -2.34. The average Bonchev–Trinajstić information content (AvgIpc) is 3.55. The van der Waals surface area contributed by atoms with E-state index in [1.165, 1.54) is 6.42 Å². The Morgan fingerprint density at radius 1 is 1.06 bits per heavy atom. The smallest absolute Gasteiger partial charge is 0.296 e. The van der Waals surface area contributed by atoms with Gasteiger partial charge >= 0.3 is 0 Å². The van der Waals surface area contributed by atoms with Crippen LogP contribution in [0.5, 0.6) is 11.8 Å². The Morgan fingerprint density at radius 2 is 1.91 bits per heavy atom. The molecule has 34 heavy (non-hydrogen) atoms. The van der Waals surface area contributed by atoms with E-state index in [2.05, 4.69) is 15.0 Å². The van der Waals surface area contributed by atoms with Crippen LogP contribution in [0.15, 0.2) is 30.3 Å². The fourth-order valence-corrected chi connectivity index (χ4v) is 4.94. The van der Waals surface area contributed by atoms with Gasteiger partial charge < -0.3 is 33.8 Å². The predicted molar refractivity (Wildman–Crippen MR) is 123 cm³/mol. The summed E-state index contributed by atoms with van der Waals surface area (Å²) in [5.41, 5.74) is 2.64. The second-order valence-electron chi connectivity index (χ2n) is 8.88. The van der Waals surface area contributed by atoms with Crippen LogP contribution in [0, 0.1) is 0 Å². The number of hydrogen-bond donors (Lipinski definition) is 2. The number of aromatic nitrogens is 3. The summed E-state index contributed by atoms with van der Waals surface area (Å²) in [5.74, 6) is 0.780. The van der Waals surface area contributed by atoms with Crippen molar-refractivity contribution in [1.82, 2.24) is 15.0 Å². The van der Waals surface area contributed by atoms with Crippen molar-refractivity contribution in [3.8, 4) is 23.0 Å². The molecule has 0 saturated carbocycles. The monoisotopic (exact) mass is 487 g/mol. The second kappa shape index (κ2) is 9.31. The molecular weight excluding hydrogens is 462 g/mol.